The van der Waals surface area contributed by atoms with Crippen LogP contribution in [0.3, 0.4) is 0 Å². The molecule has 11 nitrogen and oxygen atoms in total. The van der Waals surface area contributed by atoms with Crippen molar-refractivity contribution in [3.8, 4) is 45.6 Å². The van der Waals surface area contributed by atoms with Crippen LogP contribution >= 0.6 is 0 Å². The fraction of sp³-hybridized carbons (Fsp3) is 0.308. The van der Waals surface area contributed by atoms with E-state index in [1.54, 1.807) is 18.2 Å². The first-order valence-electron chi connectivity index (χ1n) is 10.8. The number of methoxy groups -OCH3 is 7. The molecule has 198 valence electrons. The maximum atomic E-state index is 13.2. The molecule has 0 atom stereocenters. The molecule has 2 N–H and O–H groups in total. The number of aromatic hydroxyl groups is 1. The Labute approximate surface area is 213 Å². The van der Waals surface area contributed by atoms with Crippen LogP contribution in [-0.4, -0.2) is 71.9 Å². The average Bonchev–Trinajstić information content (AvgIpc) is 2.93. The van der Waals surface area contributed by atoms with Crippen molar-refractivity contribution < 1.29 is 53.0 Å². The zero-order chi connectivity index (χ0) is 27.4. The second-order valence-electron chi connectivity index (χ2n) is 7.51. The number of aliphatic hydroxyl groups is 1. The molecule has 0 aliphatic rings. The SMILES string of the molecule is COC(=O)c1c(C(=O)OC)c(-c2ccc(OC)c(OC)c2)c2c(OC)c(OC)c(OC)c(CO)c2c1O. The second kappa shape index (κ2) is 11.1. The molecule has 0 saturated carbocycles. The van der Waals surface area contributed by atoms with E-state index in [4.69, 9.17) is 33.2 Å². The minimum Gasteiger partial charge on any atom is -0.506 e. The number of ether oxygens (including phenoxy) is 7. The summed E-state index contributed by atoms with van der Waals surface area (Å²) in [6, 6.07) is 4.80. The summed E-state index contributed by atoms with van der Waals surface area (Å²) in [5.41, 5.74) is -0.219. The zero-order valence-electron chi connectivity index (χ0n) is 21.5. The lowest BCUT2D eigenvalue weighted by atomic mass is 9.85. The van der Waals surface area contributed by atoms with Crippen molar-refractivity contribution in [3.63, 3.8) is 0 Å². The van der Waals surface area contributed by atoms with Crippen LogP contribution in [-0.2, 0) is 16.1 Å². The molecular weight excluding hydrogens is 488 g/mol. The first kappa shape index (κ1) is 27.2. The maximum Gasteiger partial charge on any atom is 0.342 e. The van der Waals surface area contributed by atoms with Gasteiger partial charge in [-0.25, -0.2) is 9.59 Å². The van der Waals surface area contributed by atoms with Gasteiger partial charge in [-0.1, -0.05) is 6.07 Å². The lowest BCUT2D eigenvalue weighted by Crippen LogP contribution is -2.15. The number of esters is 2. The van der Waals surface area contributed by atoms with Crippen molar-refractivity contribution in [1.29, 1.82) is 0 Å². The highest BCUT2D eigenvalue weighted by molar-refractivity contribution is 6.21. The fourth-order valence-electron chi connectivity index (χ4n) is 4.36. The summed E-state index contributed by atoms with van der Waals surface area (Å²) in [4.78, 5) is 26.2. The normalized spacial score (nSPS) is 10.6. The van der Waals surface area contributed by atoms with E-state index in [-0.39, 0.29) is 44.7 Å². The molecule has 0 unspecified atom stereocenters. The second-order valence-corrected chi connectivity index (χ2v) is 7.51. The van der Waals surface area contributed by atoms with E-state index in [1.165, 1.54) is 35.5 Å². The highest BCUT2D eigenvalue weighted by atomic mass is 16.5. The summed E-state index contributed by atoms with van der Waals surface area (Å²) in [7, 11) is 9.22. The molecule has 0 radical (unpaired) electrons. The molecule has 0 bridgehead atoms. The largest absolute Gasteiger partial charge is 0.506 e. The quantitative estimate of drug-likeness (QED) is 0.405. The van der Waals surface area contributed by atoms with Gasteiger partial charge in [0.25, 0.3) is 0 Å². The Morgan fingerprint density at radius 2 is 1.27 bits per heavy atom. The Balaban J connectivity index is 2.82. The van der Waals surface area contributed by atoms with Crippen LogP contribution in [0.4, 0.5) is 0 Å². The van der Waals surface area contributed by atoms with Crippen molar-refractivity contribution in [2.45, 2.75) is 6.61 Å². The standard InChI is InChI=1S/C26H28O11/c1-31-14-9-8-12(10-15(14)32-2)16-18-17(13(11-27)22(33-3)24(35-5)23(18)34-4)21(28)20(26(30)37-7)19(16)25(29)36-6/h8-10,27-28H,11H2,1-7H3. The average molecular weight is 516 g/mol. The molecule has 0 heterocycles. The molecular formula is C26H28O11. The van der Waals surface area contributed by atoms with Crippen LogP contribution in [0.15, 0.2) is 18.2 Å². The molecule has 3 aromatic rings. The zero-order valence-corrected chi connectivity index (χ0v) is 21.5. The lowest BCUT2D eigenvalue weighted by Gasteiger charge is -2.24. The molecule has 0 saturated heterocycles. The number of phenols is 1. The Morgan fingerprint density at radius 1 is 0.703 bits per heavy atom. The number of aliphatic hydroxyl groups excluding tert-OH is 1. The third-order valence-electron chi connectivity index (χ3n) is 5.91. The van der Waals surface area contributed by atoms with Crippen molar-refractivity contribution >= 4 is 22.7 Å². The van der Waals surface area contributed by atoms with Gasteiger partial charge in [-0.15, -0.1) is 0 Å². The number of hydrogen-bond donors (Lipinski definition) is 2. The van der Waals surface area contributed by atoms with Crippen LogP contribution in [0.2, 0.25) is 0 Å². The number of carbonyl (C=O) groups excluding carboxylic acids is 2. The minimum absolute atomic E-state index is 0.0187. The number of rotatable bonds is 9. The molecule has 0 aliphatic carbocycles. The van der Waals surface area contributed by atoms with Gasteiger partial charge in [-0.05, 0) is 17.7 Å². The van der Waals surface area contributed by atoms with E-state index >= 15 is 0 Å². The van der Waals surface area contributed by atoms with Crippen LogP contribution in [0.5, 0.6) is 34.5 Å². The topological polar surface area (TPSA) is 139 Å². The van der Waals surface area contributed by atoms with Crippen molar-refractivity contribution in [2.75, 3.05) is 49.8 Å². The Bertz CT molecular complexity index is 1360. The summed E-state index contributed by atoms with van der Waals surface area (Å²) < 4.78 is 37.4. The van der Waals surface area contributed by atoms with Gasteiger partial charge in [0.1, 0.15) is 11.3 Å². The van der Waals surface area contributed by atoms with Crippen LogP contribution in [0.1, 0.15) is 26.3 Å². The highest BCUT2D eigenvalue weighted by Gasteiger charge is 2.35. The maximum absolute atomic E-state index is 13.2. The highest BCUT2D eigenvalue weighted by Crippen LogP contribution is 2.55. The summed E-state index contributed by atoms with van der Waals surface area (Å²) in [6.07, 6.45) is 0. The van der Waals surface area contributed by atoms with Crippen LogP contribution < -0.4 is 23.7 Å². The van der Waals surface area contributed by atoms with Gasteiger partial charge < -0.3 is 43.4 Å². The van der Waals surface area contributed by atoms with Crippen LogP contribution in [0.25, 0.3) is 21.9 Å². The van der Waals surface area contributed by atoms with Crippen molar-refractivity contribution in [1.82, 2.24) is 0 Å². The summed E-state index contributed by atoms with van der Waals surface area (Å²) in [5, 5.41) is 21.9. The minimum atomic E-state index is -1.01. The molecule has 3 aromatic carbocycles. The molecule has 3 rings (SSSR count). The van der Waals surface area contributed by atoms with Gasteiger partial charge >= 0.3 is 11.9 Å². The summed E-state index contributed by atoms with van der Waals surface area (Å²) in [5.74, 6) is -1.66. The van der Waals surface area contributed by atoms with Gasteiger partial charge in [0.2, 0.25) is 5.75 Å². The van der Waals surface area contributed by atoms with E-state index in [0.717, 1.165) is 14.2 Å². The van der Waals surface area contributed by atoms with E-state index in [2.05, 4.69) is 0 Å². The van der Waals surface area contributed by atoms with Gasteiger partial charge in [0, 0.05) is 21.9 Å². The molecule has 11 heteroatoms. The fourth-order valence-corrected chi connectivity index (χ4v) is 4.36. The van der Waals surface area contributed by atoms with E-state index < -0.39 is 29.9 Å². The van der Waals surface area contributed by atoms with Crippen molar-refractivity contribution in [3.05, 3.63) is 34.9 Å². The van der Waals surface area contributed by atoms with Crippen LogP contribution in [0, 0.1) is 0 Å². The molecule has 37 heavy (non-hydrogen) atoms. The smallest absolute Gasteiger partial charge is 0.342 e. The molecule has 0 aliphatic heterocycles. The Kier molecular flexibility index (Phi) is 8.18. The van der Waals surface area contributed by atoms with Crippen molar-refractivity contribution in [2.24, 2.45) is 0 Å². The number of benzene rings is 3. The number of carbonyl (C=O) groups is 2. The van der Waals surface area contributed by atoms with E-state index in [0.29, 0.717) is 17.1 Å². The van der Waals surface area contributed by atoms with E-state index in [9.17, 15) is 19.8 Å². The predicted molar refractivity (Wildman–Crippen MR) is 132 cm³/mol. The summed E-state index contributed by atoms with van der Waals surface area (Å²) >= 11 is 0. The predicted octanol–water partition coefficient (Wildman–Crippen LogP) is 3.32. The first-order valence-corrected chi connectivity index (χ1v) is 10.8. The van der Waals surface area contributed by atoms with Gasteiger partial charge in [0.05, 0.1) is 61.9 Å². The third-order valence-corrected chi connectivity index (χ3v) is 5.91. The third kappa shape index (κ3) is 4.27. The Hall–Kier alpha value is -4.38. The van der Waals surface area contributed by atoms with Gasteiger partial charge in [-0.3, -0.25) is 0 Å². The first-order chi connectivity index (χ1) is 17.8. The number of fused-ring (bicyclic) bond motifs is 1. The lowest BCUT2D eigenvalue weighted by molar-refractivity contribution is 0.0553. The monoisotopic (exact) mass is 516 g/mol. The number of hydrogen-bond acceptors (Lipinski definition) is 11. The molecule has 0 spiro atoms. The number of phenolic OH excluding ortho intramolecular Hbond substituents is 1. The molecule has 0 amide bonds. The van der Waals surface area contributed by atoms with Gasteiger partial charge in [0.15, 0.2) is 23.0 Å². The van der Waals surface area contributed by atoms with E-state index in [1.807, 2.05) is 0 Å². The van der Waals surface area contributed by atoms with Gasteiger partial charge in [-0.2, -0.15) is 0 Å². The molecule has 0 fully saturated rings. The Morgan fingerprint density at radius 3 is 1.76 bits per heavy atom. The summed E-state index contributed by atoms with van der Waals surface area (Å²) in [6.45, 7) is -0.628. The molecule has 0 aromatic heterocycles.